The van der Waals surface area contributed by atoms with Crippen LogP contribution in [-0.2, 0) is 11.3 Å². The van der Waals surface area contributed by atoms with E-state index in [9.17, 15) is 9.59 Å². The van der Waals surface area contributed by atoms with Crippen LogP contribution in [0.5, 0.6) is 5.75 Å². The molecule has 6 nitrogen and oxygen atoms in total. The lowest BCUT2D eigenvalue weighted by atomic mass is 10.1. The Bertz CT molecular complexity index is 853. The molecule has 1 fully saturated rings. The van der Waals surface area contributed by atoms with E-state index in [0.29, 0.717) is 44.0 Å². The summed E-state index contributed by atoms with van der Waals surface area (Å²) >= 11 is 0. The van der Waals surface area contributed by atoms with Gasteiger partial charge in [-0.1, -0.05) is 42.5 Å². The van der Waals surface area contributed by atoms with E-state index in [1.54, 1.807) is 36.3 Å². The lowest BCUT2D eigenvalue weighted by Gasteiger charge is -2.40. The number of hydrogen-bond acceptors (Lipinski definition) is 4. The van der Waals surface area contributed by atoms with Crippen molar-refractivity contribution < 1.29 is 14.3 Å². The van der Waals surface area contributed by atoms with E-state index < -0.39 is 6.04 Å². The quantitative estimate of drug-likeness (QED) is 0.734. The predicted molar refractivity (Wildman–Crippen MR) is 113 cm³/mol. The number of nitrogens with zero attached hydrogens (tertiary/aromatic N) is 2. The van der Waals surface area contributed by atoms with Crippen LogP contribution in [0.3, 0.4) is 0 Å². The van der Waals surface area contributed by atoms with E-state index in [0.717, 1.165) is 5.56 Å². The highest BCUT2D eigenvalue weighted by Crippen LogP contribution is 2.18. The minimum absolute atomic E-state index is 0.154. The predicted octanol–water partition coefficient (Wildman–Crippen LogP) is 2.32. The van der Waals surface area contributed by atoms with Gasteiger partial charge in [0, 0.05) is 38.3 Å². The first kappa shape index (κ1) is 20.6. The Labute approximate surface area is 171 Å². The Balaban J connectivity index is 1.76. The van der Waals surface area contributed by atoms with Crippen molar-refractivity contribution in [3.8, 4) is 5.75 Å². The molecule has 0 aromatic heterocycles. The molecule has 1 aliphatic heterocycles. The average Bonchev–Trinajstić information content (AvgIpc) is 2.78. The van der Waals surface area contributed by atoms with Gasteiger partial charge >= 0.3 is 0 Å². The molecule has 1 heterocycles. The van der Waals surface area contributed by atoms with Crippen LogP contribution in [-0.4, -0.2) is 60.9 Å². The number of ether oxygens (including phenoxy) is 1. The number of rotatable bonds is 7. The monoisotopic (exact) mass is 393 g/mol. The van der Waals surface area contributed by atoms with Gasteiger partial charge in [-0.2, -0.15) is 0 Å². The molecule has 0 radical (unpaired) electrons. The zero-order chi connectivity index (χ0) is 20.6. The number of amides is 2. The third-order valence-corrected chi connectivity index (χ3v) is 5.04. The first-order valence-corrected chi connectivity index (χ1v) is 9.72. The molecular formula is C23H27N3O3. The topological polar surface area (TPSA) is 61.9 Å². The van der Waals surface area contributed by atoms with Crippen LogP contribution < -0.4 is 10.1 Å². The van der Waals surface area contributed by atoms with Gasteiger partial charge in [0.15, 0.2) is 0 Å². The van der Waals surface area contributed by atoms with Crippen molar-refractivity contribution in [2.24, 2.45) is 0 Å². The lowest BCUT2D eigenvalue weighted by Crippen LogP contribution is -2.60. The first-order chi connectivity index (χ1) is 14.1. The number of hydrogen-bond donors (Lipinski definition) is 1. The largest absolute Gasteiger partial charge is 0.497 e. The van der Waals surface area contributed by atoms with Gasteiger partial charge in [0.1, 0.15) is 11.8 Å². The van der Waals surface area contributed by atoms with Gasteiger partial charge in [-0.05, 0) is 23.8 Å². The van der Waals surface area contributed by atoms with E-state index in [2.05, 4.69) is 16.8 Å². The fraction of sp³-hybridized carbons (Fsp3) is 0.304. The van der Waals surface area contributed by atoms with Gasteiger partial charge in [0.25, 0.3) is 5.91 Å². The maximum absolute atomic E-state index is 13.2. The molecule has 152 valence electrons. The molecular weight excluding hydrogens is 366 g/mol. The van der Waals surface area contributed by atoms with Gasteiger partial charge in [0.2, 0.25) is 5.91 Å². The summed E-state index contributed by atoms with van der Waals surface area (Å²) in [4.78, 5) is 30.0. The number of piperazine rings is 1. The van der Waals surface area contributed by atoms with Crippen molar-refractivity contribution in [1.82, 2.24) is 15.1 Å². The fourth-order valence-electron chi connectivity index (χ4n) is 3.48. The molecule has 2 aromatic carbocycles. The van der Waals surface area contributed by atoms with Gasteiger partial charge in [-0.15, -0.1) is 6.58 Å². The molecule has 0 aliphatic carbocycles. The summed E-state index contributed by atoms with van der Waals surface area (Å²) in [5, 5.41) is 2.98. The summed E-state index contributed by atoms with van der Waals surface area (Å²) in [5.74, 6) is 0.298. The van der Waals surface area contributed by atoms with E-state index in [1.165, 1.54) is 0 Å². The molecule has 1 unspecified atom stereocenters. The van der Waals surface area contributed by atoms with Crippen molar-refractivity contribution >= 4 is 11.8 Å². The van der Waals surface area contributed by atoms with Crippen LogP contribution in [0.25, 0.3) is 0 Å². The summed E-state index contributed by atoms with van der Waals surface area (Å²) in [6, 6.07) is 16.2. The van der Waals surface area contributed by atoms with E-state index >= 15 is 0 Å². The summed E-state index contributed by atoms with van der Waals surface area (Å²) in [7, 11) is 1.57. The number of carbonyl (C=O) groups is 2. The first-order valence-electron chi connectivity index (χ1n) is 9.72. The number of benzene rings is 2. The minimum Gasteiger partial charge on any atom is -0.497 e. The Morgan fingerprint density at radius 1 is 1.17 bits per heavy atom. The molecule has 3 rings (SSSR count). The van der Waals surface area contributed by atoms with Crippen LogP contribution in [0.4, 0.5) is 0 Å². The Kier molecular flexibility index (Phi) is 7.03. The van der Waals surface area contributed by atoms with E-state index in [4.69, 9.17) is 4.74 Å². The van der Waals surface area contributed by atoms with Crippen LogP contribution in [0, 0.1) is 0 Å². The maximum Gasteiger partial charge on any atom is 0.254 e. The molecule has 1 atom stereocenters. The molecule has 1 N–H and O–H groups in total. The van der Waals surface area contributed by atoms with Crippen molar-refractivity contribution in [2.45, 2.75) is 12.6 Å². The molecule has 29 heavy (non-hydrogen) atoms. The lowest BCUT2D eigenvalue weighted by molar-refractivity contribution is -0.127. The second-order valence-corrected chi connectivity index (χ2v) is 7.00. The minimum atomic E-state index is -0.564. The van der Waals surface area contributed by atoms with E-state index in [1.807, 2.05) is 36.4 Å². The standard InChI is InChI=1S/C23H27N3O3/c1-3-12-25-13-14-26(23(28)19-10-7-11-20(15-19)29-2)21(17-25)22(27)24-16-18-8-5-4-6-9-18/h3-11,15,21H,1,12-14,16-17H2,2H3,(H,24,27). The molecule has 2 aromatic rings. The highest BCUT2D eigenvalue weighted by molar-refractivity contribution is 5.98. The maximum atomic E-state index is 13.2. The molecule has 2 amide bonds. The second-order valence-electron chi connectivity index (χ2n) is 7.00. The normalized spacial score (nSPS) is 16.9. The Morgan fingerprint density at radius 2 is 1.97 bits per heavy atom. The van der Waals surface area contributed by atoms with Gasteiger partial charge in [-0.3, -0.25) is 14.5 Å². The molecule has 1 aliphatic rings. The van der Waals surface area contributed by atoms with Crippen LogP contribution in [0.1, 0.15) is 15.9 Å². The Morgan fingerprint density at radius 3 is 2.69 bits per heavy atom. The smallest absolute Gasteiger partial charge is 0.254 e. The van der Waals surface area contributed by atoms with Crippen molar-refractivity contribution in [3.05, 3.63) is 78.4 Å². The average molecular weight is 393 g/mol. The fourth-order valence-corrected chi connectivity index (χ4v) is 3.48. The third-order valence-electron chi connectivity index (χ3n) is 5.04. The summed E-state index contributed by atoms with van der Waals surface area (Å²) in [5.41, 5.74) is 1.53. The van der Waals surface area contributed by atoms with Gasteiger partial charge in [-0.25, -0.2) is 0 Å². The van der Waals surface area contributed by atoms with Crippen LogP contribution in [0.15, 0.2) is 67.3 Å². The molecule has 1 saturated heterocycles. The van der Waals surface area contributed by atoms with Crippen molar-refractivity contribution in [2.75, 3.05) is 33.3 Å². The van der Waals surface area contributed by atoms with Crippen LogP contribution in [0.2, 0.25) is 0 Å². The third kappa shape index (κ3) is 5.23. The number of carbonyl (C=O) groups excluding carboxylic acids is 2. The summed E-state index contributed by atoms with van der Waals surface area (Å²) in [6.45, 7) is 6.55. The Hall–Kier alpha value is -3.12. The highest BCUT2D eigenvalue weighted by Gasteiger charge is 2.35. The van der Waals surface area contributed by atoms with E-state index in [-0.39, 0.29) is 11.8 Å². The zero-order valence-electron chi connectivity index (χ0n) is 16.7. The highest BCUT2D eigenvalue weighted by atomic mass is 16.5. The summed E-state index contributed by atoms with van der Waals surface area (Å²) < 4.78 is 5.23. The number of methoxy groups -OCH3 is 1. The van der Waals surface area contributed by atoms with Gasteiger partial charge in [0.05, 0.1) is 7.11 Å². The number of nitrogens with one attached hydrogen (secondary N) is 1. The molecule has 6 heteroatoms. The zero-order valence-corrected chi connectivity index (χ0v) is 16.7. The molecule has 0 spiro atoms. The van der Waals surface area contributed by atoms with Crippen molar-refractivity contribution in [3.63, 3.8) is 0 Å². The van der Waals surface area contributed by atoms with Crippen LogP contribution >= 0.6 is 0 Å². The summed E-state index contributed by atoms with van der Waals surface area (Å²) in [6.07, 6.45) is 1.82. The SMILES string of the molecule is C=CCN1CCN(C(=O)c2cccc(OC)c2)C(C(=O)NCc2ccccc2)C1. The molecule has 0 bridgehead atoms. The molecule has 0 saturated carbocycles. The van der Waals surface area contributed by atoms with Crippen molar-refractivity contribution in [1.29, 1.82) is 0 Å². The van der Waals surface area contributed by atoms with Gasteiger partial charge < -0.3 is 15.0 Å². The second kappa shape index (κ2) is 9.89.